The van der Waals surface area contributed by atoms with Crippen LogP contribution in [0.5, 0.6) is 0 Å². The van der Waals surface area contributed by atoms with Gasteiger partial charge < -0.3 is 4.52 Å². The van der Waals surface area contributed by atoms with Crippen molar-refractivity contribution >= 4 is 43.3 Å². The first kappa shape index (κ1) is 12.5. The minimum absolute atomic E-state index is 0.135. The number of anilines is 1. The smallest absolute Gasteiger partial charge is 0.314 e. The molecular formula is C8H8BrN3O3S2. The molecule has 2 heterocycles. The van der Waals surface area contributed by atoms with Crippen LogP contribution in [0.4, 0.5) is 6.01 Å². The first-order valence-electron chi connectivity index (χ1n) is 4.47. The molecule has 0 saturated heterocycles. The van der Waals surface area contributed by atoms with E-state index >= 15 is 0 Å². The Hall–Kier alpha value is -0.930. The molecule has 92 valence electrons. The van der Waals surface area contributed by atoms with Gasteiger partial charge in [0.2, 0.25) is 0 Å². The molecule has 0 spiro atoms. The van der Waals surface area contributed by atoms with Crippen molar-refractivity contribution in [3.63, 3.8) is 0 Å². The van der Waals surface area contributed by atoms with Crippen LogP contribution in [0.25, 0.3) is 0 Å². The second-order valence-corrected chi connectivity index (χ2v) is 7.51. The van der Waals surface area contributed by atoms with Crippen LogP contribution in [-0.2, 0) is 10.0 Å². The standard InChI is InChI=1S/C8H8BrN3O3S2/c1-4-6(3-7(9)16-4)17(13,14)12-8-10-5(2)11-15-8/h3H,1-2H3,(H,10,11,12). The summed E-state index contributed by atoms with van der Waals surface area (Å²) >= 11 is 4.58. The summed E-state index contributed by atoms with van der Waals surface area (Å²) in [4.78, 5) is 4.66. The summed E-state index contributed by atoms with van der Waals surface area (Å²) in [5.41, 5.74) is 0. The van der Waals surface area contributed by atoms with E-state index in [2.05, 4.69) is 30.8 Å². The van der Waals surface area contributed by atoms with E-state index < -0.39 is 10.0 Å². The third-order valence-corrected chi connectivity index (χ3v) is 5.01. The minimum atomic E-state index is -3.68. The van der Waals surface area contributed by atoms with Crippen LogP contribution in [0.15, 0.2) is 19.3 Å². The van der Waals surface area contributed by atoms with Gasteiger partial charge in [0.25, 0.3) is 10.0 Å². The van der Waals surface area contributed by atoms with Gasteiger partial charge in [0.1, 0.15) is 4.90 Å². The monoisotopic (exact) mass is 337 g/mol. The maximum absolute atomic E-state index is 12.0. The Morgan fingerprint density at radius 1 is 1.47 bits per heavy atom. The van der Waals surface area contributed by atoms with Crippen LogP contribution in [0.3, 0.4) is 0 Å². The fourth-order valence-electron chi connectivity index (χ4n) is 1.21. The Bertz CT molecular complexity index is 647. The zero-order valence-electron chi connectivity index (χ0n) is 8.89. The topological polar surface area (TPSA) is 85.1 Å². The first-order valence-corrected chi connectivity index (χ1v) is 7.57. The second-order valence-electron chi connectivity index (χ2n) is 3.22. The van der Waals surface area contributed by atoms with Crippen molar-refractivity contribution in [1.82, 2.24) is 10.1 Å². The number of hydrogen-bond acceptors (Lipinski definition) is 6. The van der Waals surface area contributed by atoms with Gasteiger partial charge in [-0.3, -0.25) is 0 Å². The van der Waals surface area contributed by atoms with Gasteiger partial charge in [-0.05, 0) is 35.8 Å². The van der Waals surface area contributed by atoms with Gasteiger partial charge in [0.05, 0.1) is 3.79 Å². The summed E-state index contributed by atoms with van der Waals surface area (Å²) < 4.78 is 31.7. The molecule has 0 unspecified atom stereocenters. The number of hydrogen-bond donors (Lipinski definition) is 1. The van der Waals surface area contributed by atoms with E-state index in [9.17, 15) is 8.42 Å². The molecule has 0 aliphatic heterocycles. The summed E-state index contributed by atoms with van der Waals surface area (Å²) in [5.74, 6) is 0.367. The van der Waals surface area contributed by atoms with Crippen molar-refractivity contribution in [3.05, 3.63) is 20.6 Å². The van der Waals surface area contributed by atoms with Crippen molar-refractivity contribution in [2.75, 3.05) is 4.72 Å². The van der Waals surface area contributed by atoms with E-state index in [0.717, 1.165) is 3.79 Å². The third kappa shape index (κ3) is 2.67. The van der Waals surface area contributed by atoms with Crippen LogP contribution in [-0.4, -0.2) is 18.6 Å². The van der Waals surface area contributed by atoms with Crippen LogP contribution in [0, 0.1) is 13.8 Å². The third-order valence-electron chi connectivity index (χ3n) is 1.88. The van der Waals surface area contributed by atoms with E-state index in [1.807, 2.05) is 0 Å². The molecule has 1 N–H and O–H groups in total. The molecule has 9 heteroatoms. The highest BCUT2D eigenvalue weighted by Gasteiger charge is 2.21. The molecule has 0 aromatic carbocycles. The SMILES string of the molecule is Cc1noc(NS(=O)(=O)c2cc(Br)sc2C)n1. The van der Waals surface area contributed by atoms with Gasteiger partial charge in [0.15, 0.2) is 5.82 Å². The Kier molecular flexibility index (Phi) is 3.23. The molecule has 0 radical (unpaired) electrons. The quantitative estimate of drug-likeness (QED) is 0.928. The average molecular weight is 338 g/mol. The lowest BCUT2D eigenvalue weighted by Crippen LogP contribution is -2.13. The van der Waals surface area contributed by atoms with Crippen LogP contribution >= 0.6 is 27.3 Å². The molecule has 0 saturated carbocycles. The van der Waals surface area contributed by atoms with Crippen molar-refractivity contribution in [1.29, 1.82) is 0 Å². The molecule has 0 atom stereocenters. The van der Waals surface area contributed by atoms with Crippen LogP contribution in [0.1, 0.15) is 10.7 Å². The van der Waals surface area contributed by atoms with Crippen molar-refractivity contribution in [2.45, 2.75) is 18.7 Å². The van der Waals surface area contributed by atoms with Gasteiger partial charge in [-0.1, -0.05) is 5.16 Å². The molecule has 17 heavy (non-hydrogen) atoms. The van der Waals surface area contributed by atoms with Crippen LogP contribution in [0.2, 0.25) is 0 Å². The fourth-order valence-corrected chi connectivity index (χ4v) is 4.55. The average Bonchev–Trinajstić information content (AvgIpc) is 2.72. The Morgan fingerprint density at radius 3 is 2.65 bits per heavy atom. The molecule has 2 rings (SSSR count). The number of rotatable bonds is 3. The van der Waals surface area contributed by atoms with Gasteiger partial charge in [-0.2, -0.15) is 4.98 Å². The normalized spacial score (nSPS) is 11.7. The molecule has 0 fully saturated rings. The lowest BCUT2D eigenvalue weighted by molar-refractivity contribution is 0.429. The van der Waals surface area contributed by atoms with E-state index in [4.69, 9.17) is 4.52 Å². The summed E-state index contributed by atoms with van der Waals surface area (Å²) in [5, 5.41) is 3.50. The number of aromatic nitrogens is 2. The summed E-state index contributed by atoms with van der Waals surface area (Å²) in [6, 6.07) is 1.40. The predicted molar refractivity (Wildman–Crippen MR) is 66.6 cm³/mol. The number of aryl methyl sites for hydroxylation is 2. The highest BCUT2D eigenvalue weighted by atomic mass is 79.9. The molecular weight excluding hydrogens is 330 g/mol. The number of halogens is 1. The summed E-state index contributed by atoms with van der Waals surface area (Å²) in [6.45, 7) is 3.33. The lowest BCUT2D eigenvalue weighted by atomic mass is 10.5. The molecule has 0 bridgehead atoms. The highest BCUT2D eigenvalue weighted by Crippen LogP contribution is 2.30. The van der Waals surface area contributed by atoms with Gasteiger partial charge in [-0.25, -0.2) is 13.1 Å². The van der Waals surface area contributed by atoms with Gasteiger partial charge >= 0.3 is 6.01 Å². The molecule has 0 aliphatic rings. The Morgan fingerprint density at radius 2 is 2.18 bits per heavy atom. The molecule has 0 aliphatic carbocycles. The van der Waals surface area contributed by atoms with E-state index in [0.29, 0.717) is 10.7 Å². The number of thiophene rings is 1. The van der Waals surface area contributed by atoms with Crippen molar-refractivity contribution in [2.24, 2.45) is 0 Å². The number of sulfonamides is 1. The van der Waals surface area contributed by atoms with Crippen molar-refractivity contribution < 1.29 is 12.9 Å². The van der Waals surface area contributed by atoms with E-state index in [1.54, 1.807) is 13.8 Å². The largest absolute Gasteiger partial charge is 0.335 e. The zero-order valence-corrected chi connectivity index (χ0v) is 12.1. The Balaban J connectivity index is 2.34. The molecule has 2 aromatic heterocycles. The molecule has 6 nitrogen and oxygen atoms in total. The number of nitrogens with zero attached hydrogens (tertiary/aromatic N) is 2. The van der Waals surface area contributed by atoms with Gasteiger partial charge in [0, 0.05) is 4.88 Å². The number of nitrogens with one attached hydrogen (secondary N) is 1. The van der Waals surface area contributed by atoms with E-state index in [-0.39, 0.29) is 10.9 Å². The maximum atomic E-state index is 12.0. The summed E-state index contributed by atoms with van der Waals surface area (Å²) in [6.07, 6.45) is 0. The zero-order chi connectivity index (χ0) is 12.6. The second kappa shape index (κ2) is 4.39. The predicted octanol–water partition coefficient (Wildman–Crippen LogP) is 2.31. The molecule has 0 amide bonds. The van der Waals surface area contributed by atoms with E-state index in [1.165, 1.54) is 17.4 Å². The Labute approximate surface area is 110 Å². The fraction of sp³-hybridized carbons (Fsp3) is 0.250. The van der Waals surface area contributed by atoms with Crippen molar-refractivity contribution in [3.8, 4) is 0 Å². The van der Waals surface area contributed by atoms with Crippen LogP contribution < -0.4 is 4.72 Å². The van der Waals surface area contributed by atoms with Gasteiger partial charge in [-0.15, -0.1) is 11.3 Å². The highest BCUT2D eigenvalue weighted by molar-refractivity contribution is 9.11. The first-order chi connectivity index (χ1) is 7.88. The lowest BCUT2D eigenvalue weighted by Gasteiger charge is -2.01. The minimum Gasteiger partial charge on any atom is -0.314 e. The summed E-state index contributed by atoms with van der Waals surface area (Å²) in [7, 11) is -3.68. The molecule has 2 aromatic rings. The maximum Gasteiger partial charge on any atom is 0.335 e.